The molecule has 1 atom stereocenters. The van der Waals surface area contributed by atoms with Gasteiger partial charge in [-0.05, 0) is 37.0 Å². The number of alkyl halides is 2. The molecule has 3 N–H and O–H groups in total. The fourth-order valence-corrected chi connectivity index (χ4v) is 3.89. The summed E-state index contributed by atoms with van der Waals surface area (Å²) in [6.07, 6.45) is 2.52. The molecule has 2 aromatic heterocycles. The fourth-order valence-electron chi connectivity index (χ4n) is 3.89. The summed E-state index contributed by atoms with van der Waals surface area (Å²) in [5.74, 6) is -5.38. The highest BCUT2D eigenvalue weighted by molar-refractivity contribution is 6.03. The number of aromatic nitrogens is 2. The maximum atomic E-state index is 13.6. The summed E-state index contributed by atoms with van der Waals surface area (Å²) in [6.45, 7) is 1.79. The van der Waals surface area contributed by atoms with Crippen LogP contribution in [0.1, 0.15) is 60.3 Å². The van der Waals surface area contributed by atoms with Gasteiger partial charge in [0.2, 0.25) is 5.92 Å². The number of H-pyrrole nitrogens is 1. The van der Waals surface area contributed by atoms with Gasteiger partial charge in [-0.3, -0.25) is 14.6 Å². The SMILES string of the molecule is CCc1cccc(F)c1F.NC(=O)c1nccc2[nH]c([C@H]3CCCC(F)(F)C3)cc(=O)c12. The molecule has 0 radical (unpaired) electrons. The molecule has 1 amide bonds. The third-order valence-corrected chi connectivity index (χ3v) is 5.49. The fraction of sp³-hybridized carbons (Fsp3) is 0.348. The largest absolute Gasteiger partial charge is 0.364 e. The zero-order chi connectivity index (χ0) is 23.5. The first-order chi connectivity index (χ1) is 15.1. The lowest BCUT2D eigenvalue weighted by Gasteiger charge is -2.29. The molecule has 5 nitrogen and oxygen atoms in total. The Hall–Kier alpha value is -3.23. The molecular formula is C23H23F4N3O2. The lowest BCUT2D eigenvalue weighted by atomic mass is 9.84. The van der Waals surface area contributed by atoms with Crippen LogP contribution in [0, 0.1) is 11.6 Å². The third-order valence-electron chi connectivity index (χ3n) is 5.49. The van der Waals surface area contributed by atoms with Crippen LogP contribution in [0.25, 0.3) is 10.9 Å². The number of nitrogens with zero attached hydrogens (tertiary/aromatic N) is 1. The van der Waals surface area contributed by atoms with Crippen molar-refractivity contribution in [1.82, 2.24) is 9.97 Å². The zero-order valence-corrected chi connectivity index (χ0v) is 17.4. The standard InChI is InChI=1S/C15H15F2N3O2.C8H8F2/c16-15(17)4-1-2-8(7-15)10-6-11(21)12-9(20-10)3-5-19-13(12)14(18)22;1-2-6-4-3-5-7(9)8(6)10/h3,5-6,8H,1-2,4,7H2,(H2,18,22)(H,20,21);3-5H,2H2,1H3/t8-;/m0./s1. The number of benzene rings is 1. The van der Waals surface area contributed by atoms with E-state index in [2.05, 4.69) is 9.97 Å². The van der Waals surface area contributed by atoms with Crippen molar-refractivity contribution in [2.75, 3.05) is 0 Å². The number of aryl methyl sites for hydroxylation is 1. The predicted molar refractivity (Wildman–Crippen MR) is 113 cm³/mol. The van der Waals surface area contributed by atoms with Crippen molar-refractivity contribution in [3.8, 4) is 0 Å². The number of pyridine rings is 2. The van der Waals surface area contributed by atoms with E-state index in [4.69, 9.17) is 5.73 Å². The Morgan fingerprint density at radius 1 is 1.28 bits per heavy atom. The van der Waals surface area contributed by atoms with Gasteiger partial charge >= 0.3 is 0 Å². The predicted octanol–water partition coefficient (Wildman–Crippen LogP) is 4.84. The highest BCUT2D eigenvalue weighted by atomic mass is 19.3. The van der Waals surface area contributed by atoms with E-state index in [9.17, 15) is 27.2 Å². The number of carbonyl (C=O) groups excluding carboxylic acids is 1. The van der Waals surface area contributed by atoms with Crippen molar-refractivity contribution in [2.24, 2.45) is 5.73 Å². The number of primary amides is 1. The van der Waals surface area contributed by atoms with E-state index in [-0.39, 0.29) is 23.9 Å². The van der Waals surface area contributed by atoms with E-state index >= 15 is 0 Å². The van der Waals surface area contributed by atoms with E-state index in [0.717, 1.165) is 6.07 Å². The molecule has 1 fully saturated rings. The Morgan fingerprint density at radius 2 is 2.03 bits per heavy atom. The molecular weight excluding hydrogens is 426 g/mol. The molecule has 0 aliphatic heterocycles. The van der Waals surface area contributed by atoms with Crippen molar-refractivity contribution in [1.29, 1.82) is 0 Å². The summed E-state index contributed by atoms with van der Waals surface area (Å²) < 4.78 is 52.1. The smallest absolute Gasteiger partial charge is 0.268 e. The van der Waals surface area contributed by atoms with Gasteiger partial charge in [-0.2, -0.15) is 0 Å². The van der Waals surface area contributed by atoms with E-state index in [1.807, 2.05) is 0 Å². The molecule has 1 aliphatic carbocycles. The molecule has 0 bridgehead atoms. The second-order valence-electron chi connectivity index (χ2n) is 7.75. The molecule has 0 saturated heterocycles. The number of carbonyl (C=O) groups is 1. The summed E-state index contributed by atoms with van der Waals surface area (Å²) in [5, 5.41) is 0.0984. The first kappa shape index (κ1) is 23.4. The third kappa shape index (κ3) is 5.15. The maximum Gasteiger partial charge on any atom is 0.268 e. The van der Waals surface area contributed by atoms with Crippen LogP contribution in [0.3, 0.4) is 0 Å². The Bertz CT molecular complexity index is 1190. The summed E-state index contributed by atoms with van der Waals surface area (Å²) in [4.78, 5) is 30.4. The van der Waals surface area contributed by atoms with Crippen LogP contribution in [-0.2, 0) is 6.42 Å². The van der Waals surface area contributed by atoms with Crippen molar-refractivity contribution in [3.63, 3.8) is 0 Å². The van der Waals surface area contributed by atoms with Crippen LogP contribution in [0.15, 0.2) is 41.3 Å². The Labute approximate surface area is 181 Å². The molecule has 170 valence electrons. The zero-order valence-electron chi connectivity index (χ0n) is 17.4. The topological polar surface area (TPSA) is 88.8 Å². The number of nitrogens with one attached hydrogen (secondary N) is 1. The Morgan fingerprint density at radius 3 is 2.66 bits per heavy atom. The van der Waals surface area contributed by atoms with Crippen LogP contribution in [0.5, 0.6) is 0 Å². The number of hydrogen-bond donors (Lipinski definition) is 2. The highest BCUT2D eigenvalue weighted by Gasteiger charge is 2.37. The van der Waals surface area contributed by atoms with Crippen molar-refractivity contribution < 1.29 is 22.4 Å². The number of aromatic amines is 1. The number of rotatable bonds is 3. The van der Waals surface area contributed by atoms with Gasteiger partial charge in [0.15, 0.2) is 17.1 Å². The van der Waals surface area contributed by atoms with Crippen LogP contribution in [0.4, 0.5) is 17.6 Å². The van der Waals surface area contributed by atoms with Gasteiger partial charge < -0.3 is 10.7 Å². The first-order valence-electron chi connectivity index (χ1n) is 10.3. The van der Waals surface area contributed by atoms with Gasteiger partial charge in [0.1, 0.15) is 5.69 Å². The minimum Gasteiger partial charge on any atom is -0.364 e. The van der Waals surface area contributed by atoms with Gasteiger partial charge in [-0.25, -0.2) is 17.6 Å². The Kier molecular flexibility index (Phi) is 6.96. The van der Waals surface area contributed by atoms with Crippen LogP contribution >= 0.6 is 0 Å². The molecule has 1 aliphatic rings. The lowest BCUT2D eigenvalue weighted by Crippen LogP contribution is -2.26. The summed E-state index contributed by atoms with van der Waals surface area (Å²) in [5.41, 5.74) is 5.96. The van der Waals surface area contributed by atoms with E-state index in [1.165, 1.54) is 24.4 Å². The number of halogens is 4. The molecule has 4 rings (SSSR count). The molecule has 1 saturated carbocycles. The molecule has 3 aromatic rings. The number of nitrogens with two attached hydrogens (primary N) is 1. The quantitative estimate of drug-likeness (QED) is 0.561. The first-order valence-corrected chi connectivity index (χ1v) is 10.3. The van der Waals surface area contributed by atoms with E-state index in [0.29, 0.717) is 36.0 Å². The molecule has 2 heterocycles. The molecule has 9 heteroatoms. The van der Waals surface area contributed by atoms with Crippen LogP contribution < -0.4 is 11.2 Å². The maximum absolute atomic E-state index is 13.6. The second kappa shape index (κ2) is 9.50. The summed E-state index contributed by atoms with van der Waals surface area (Å²) in [6, 6.07) is 7.03. The average Bonchev–Trinajstić information content (AvgIpc) is 2.75. The monoisotopic (exact) mass is 449 g/mol. The minimum absolute atomic E-state index is 0.0984. The number of hydrogen-bond acceptors (Lipinski definition) is 3. The van der Waals surface area contributed by atoms with Gasteiger partial charge in [0.25, 0.3) is 5.91 Å². The molecule has 32 heavy (non-hydrogen) atoms. The highest BCUT2D eigenvalue weighted by Crippen LogP contribution is 2.41. The van der Waals surface area contributed by atoms with Crippen LogP contribution in [0.2, 0.25) is 0 Å². The average molecular weight is 449 g/mol. The summed E-state index contributed by atoms with van der Waals surface area (Å²) >= 11 is 0. The van der Waals surface area contributed by atoms with Crippen molar-refractivity contribution >= 4 is 16.8 Å². The van der Waals surface area contributed by atoms with Crippen molar-refractivity contribution in [3.05, 3.63) is 75.3 Å². The van der Waals surface area contributed by atoms with Crippen molar-refractivity contribution in [2.45, 2.75) is 50.9 Å². The van der Waals surface area contributed by atoms with E-state index < -0.39 is 34.8 Å². The summed E-state index contributed by atoms with van der Waals surface area (Å²) in [7, 11) is 0. The molecule has 1 aromatic carbocycles. The van der Waals surface area contributed by atoms with Gasteiger partial charge in [0.05, 0.1) is 10.9 Å². The van der Waals surface area contributed by atoms with Crippen LogP contribution in [-0.4, -0.2) is 21.8 Å². The molecule has 0 spiro atoms. The Balaban J connectivity index is 0.000000243. The minimum atomic E-state index is -2.70. The number of amides is 1. The number of fused-ring (bicyclic) bond motifs is 1. The van der Waals surface area contributed by atoms with Gasteiger partial charge in [-0.1, -0.05) is 19.1 Å². The van der Waals surface area contributed by atoms with E-state index in [1.54, 1.807) is 13.0 Å². The molecule has 0 unspecified atom stereocenters. The normalized spacial score (nSPS) is 17.5. The lowest BCUT2D eigenvalue weighted by molar-refractivity contribution is -0.0412. The van der Waals surface area contributed by atoms with Gasteiger partial charge in [0, 0.05) is 36.7 Å². The van der Waals surface area contributed by atoms with Gasteiger partial charge in [-0.15, -0.1) is 0 Å². The second-order valence-corrected chi connectivity index (χ2v) is 7.75.